The highest BCUT2D eigenvalue weighted by molar-refractivity contribution is 7.99. The molecule has 0 heterocycles. The van der Waals surface area contributed by atoms with Crippen molar-refractivity contribution in [1.29, 1.82) is 0 Å². The third-order valence-electron chi connectivity index (χ3n) is 4.16. The number of aliphatic hydroxyl groups is 1. The molecule has 16 heavy (non-hydrogen) atoms. The predicted octanol–water partition coefficient (Wildman–Crippen LogP) is 2.13. The van der Waals surface area contributed by atoms with Crippen LogP contribution in [-0.2, 0) is 0 Å². The fourth-order valence-corrected chi connectivity index (χ4v) is 4.15. The molecule has 0 aromatic carbocycles. The van der Waals surface area contributed by atoms with Gasteiger partial charge in [0.25, 0.3) is 0 Å². The summed E-state index contributed by atoms with van der Waals surface area (Å²) in [6.45, 7) is 2.73. The molecule has 3 heteroatoms. The van der Waals surface area contributed by atoms with Crippen LogP contribution in [0.5, 0.6) is 0 Å². The van der Waals surface area contributed by atoms with Gasteiger partial charge in [-0.25, -0.2) is 0 Å². The Morgan fingerprint density at radius 2 is 2.12 bits per heavy atom. The van der Waals surface area contributed by atoms with Gasteiger partial charge in [0.15, 0.2) is 0 Å². The van der Waals surface area contributed by atoms with E-state index in [1.165, 1.54) is 38.0 Å². The Kier molecular flexibility index (Phi) is 5.46. The van der Waals surface area contributed by atoms with Crippen molar-refractivity contribution in [2.75, 3.05) is 31.2 Å². The molecule has 0 saturated heterocycles. The van der Waals surface area contributed by atoms with Crippen LogP contribution in [0.15, 0.2) is 0 Å². The van der Waals surface area contributed by atoms with Crippen molar-refractivity contribution in [1.82, 2.24) is 5.32 Å². The second kappa shape index (κ2) is 6.87. The van der Waals surface area contributed by atoms with Crippen LogP contribution in [0.25, 0.3) is 0 Å². The average molecular weight is 243 g/mol. The molecule has 0 aromatic heterocycles. The van der Waals surface area contributed by atoms with Crippen LogP contribution in [0, 0.1) is 17.8 Å². The summed E-state index contributed by atoms with van der Waals surface area (Å²) in [5.74, 6) is 5.42. The molecule has 0 aromatic rings. The number of fused-ring (bicyclic) bond motifs is 2. The first-order chi connectivity index (χ1) is 7.90. The van der Waals surface area contributed by atoms with E-state index in [1.807, 2.05) is 11.8 Å². The summed E-state index contributed by atoms with van der Waals surface area (Å²) in [5.41, 5.74) is 0. The molecule has 2 N–H and O–H groups in total. The van der Waals surface area contributed by atoms with Crippen LogP contribution in [0.2, 0.25) is 0 Å². The Morgan fingerprint density at radius 1 is 1.19 bits per heavy atom. The maximum atomic E-state index is 8.64. The Morgan fingerprint density at radius 3 is 2.81 bits per heavy atom. The summed E-state index contributed by atoms with van der Waals surface area (Å²) in [4.78, 5) is 0. The predicted molar refractivity (Wildman–Crippen MR) is 70.8 cm³/mol. The molecule has 3 unspecified atom stereocenters. The Labute approximate surface area is 104 Å². The minimum absolute atomic E-state index is 0.339. The highest BCUT2D eigenvalue weighted by Crippen LogP contribution is 2.47. The minimum atomic E-state index is 0.339. The first-order valence-corrected chi connectivity index (χ1v) is 7.95. The van der Waals surface area contributed by atoms with E-state index in [0.717, 1.165) is 36.5 Å². The fraction of sp³-hybridized carbons (Fsp3) is 1.00. The quantitative estimate of drug-likeness (QED) is 0.641. The van der Waals surface area contributed by atoms with Crippen LogP contribution in [0.3, 0.4) is 0 Å². The van der Waals surface area contributed by atoms with Gasteiger partial charge in [-0.2, -0.15) is 11.8 Å². The average Bonchev–Trinajstić information content (AvgIpc) is 2.90. The SMILES string of the molecule is OCCCSCCNCC1CC2CCC1C2. The van der Waals surface area contributed by atoms with E-state index in [2.05, 4.69) is 5.32 Å². The van der Waals surface area contributed by atoms with Crippen LogP contribution < -0.4 is 5.32 Å². The molecule has 0 aliphatic heterocycles. The van der Waals surface area contributed by atoms with Crippen molar-refractivity contribution in [3.05, 3.63) is 0 Å². The summed E-state index contributed by atoms with van der Waals surface area (Å²) in [7, 11) is 0. The van der Waals surface area contributed by atoms with E-state index in [-0.39, 0.29) is 0 Å². The molecule has 0 spiro atoms. The molecule has 3 atom stereocenters. The third-order valence-corrected chi connectivity index (χ3v) is 5.23. The lowest BCUT2D eigenvalue weighted by Crippen LogP contribution is -2.28. The molecule has 2 nitrogen and oxygen atoms in total. The number of rotatable bonds is 8. The van der Waals surface area contributed by atoms with E-state index in [1.54, 1.807) is 0 Å². The topological polar surface area (TPSA) is 32.3 Å². The molecular weight excluding hydrogens is 218 g/mol. The number of hydrogen-bond donors (Lipinski definition) is 2. The molecule has 2 fully saturated rings. The van der Waals surface area contributed by atoms with Crippen LogP contribution in [0.4, 0.5) is 0 Å². The molecule has 0 radical (unpaired) electrons. The van der Waals surface area contributed by atoms with E-state index in [9.17, 15) is 0 Å². The van der Waals surface area contributed by atoms with Crippen LogP contribution in [0.1, 0.15) is 32.1 Å². The van der Waals surface area contributed by atoms with Gasteiger partial charge >= 0.3 is 0 Å². The van der Waals surface area contributed by atoms with Crippen molar-refractivity contribution in [2.45, 2.75) is 32.1 Å². The van der Waals surface area contributed by atoms with Crippen molar-refractivity contribution in [3.8, 4) is 0 Å². The van der Waals surface area contributed by atoms with Crippen LogP contribution >= 0.6 is 11.8 Å². The molecule has 94 valence electrons. The van der Waals surface area contributed by atoms with Gasteiger partial charge in [-0.3, -0.25) is 0 Å². The van der Waals surface area contributed by atoms with Gasteiger partial charge in [-0.05, 0) is 55.7 Å². The zero-order chi connectivity index (χ0) is 11.2. The molecule has 2 saturated carbocycles. The van der Waals surface area contributed by atoms with Gasteiger partial charge in [0, 0.05) is 18.9 Å². The molecule has 2 aliphatic carbocycles. The van der Waals surface area contributed by atoms with Crippen molar-refractivity contribution in [2.24, 2.45) is 17.8 Å². The maximum Gasteiger partial charge on any atom is 0.0438 e. The normalized spacial score (nSPS) is 32.4. The van der Waals surface area contributed by atoms with Crippen molar-refractivity contribution in [3.63, 3.8) is 0 Å². The van der Waals surface area contributed by atoms with Gasteiger partial charge in [0.1, 0.15) is 0 Å². The van der Waals surface area contributed by atoms with Gasteiger partial charge < -0.3 is 10.4 Å². The maximum absolute atomic E-state index is 8.64. The third kappa shape index (κ3) is 3.64. The zero-order valence-corrected chi connectivity index (χ0v) is 11.0. The number of nitrogens with one attached hydrogen (secondary N) is 1. The van der Waals surface area contributed by atoms with Crippen molar-refractivity contribution < 1.29 is 5.11 Å². The minimum Gasteiger partial charge on any atom is -0.396 e. The molecule has 2 aliphatic rings. The molecule has 2 rings (SSSR count). The molecule has 0 amide bonds. The Hall–Kier alpha value is 0.270. The summed E-state index contributed by atoms with van der Waals surface area (Å²) in [6, 6.07) is 0. The number of aliphatic hydroxyl groups excluding tert-OH is 1. The monoisotopic (exact) mass is 243 g/mol. The standard InChI is InChI=1S/C13H25NOS/c15-5-1-6-16-7-4-14-10-13-9-11-2-3-12(13)8-11/h11-15H,1-10H2. The van der Waals surface area contributed by atoms with E-state index >= 15 is 0 Å². The molecular formula is C13H25NOS. The zero-order valence-electron chi connectivity index (χ0n) is 10.2. The van der Waals surface area contributed by atoms with Crippen LogP contribution in [-0.4, -0.2) is 36.3 Å². The van der Waals surface area contributed by atoms with E-state index in [4.69, 9.17) is 5.11 Å². The summed E-state index contributed by atoms with van der Waals surface area (Å²) in [5, 5.41) is 12.2. The largest absolute Gasteiger partial charge is 0.396 e. The second-order valence-electron chi connectivity index (χ2n) is 5.33. The lowest BCUT2D eigenvalue weighted by molar-refractivity contribution is 0.296. The highest BCUT2D eigenvalue weighted by Gasteiger charge is 2.38. The molecule has 2 bridgehead atoms. The smallest absolute Gasteiger partial charge is 0.0438 e. The Bertz CT molecular complexity index is 200. The van der Waals surface area contributed by atoms with E-state index in [0.29, 0.717) is 6.61 Å². The lowest BCUT2D eigenvalue weighted by atomic mass is 9.89. The second-order valence-corrected chi connectivity index (χ2v) is 6.55. The summed E-state index contributed by atoms with van der Waals surface area (Å²) < 4.78 is 0. The number of thioether (sulfide) groups is 1. The van der Waals surface area contributed by atoms with Gasteiger partial charge in [-0.15, -0.1) is 0 Å². The van der Waals surface area contributed by atoms with Gasteiger partial charge in [-0.1, -0.05) is 6.42 Å². The first-order valence-electron chi connectivity index (χ1n) is 6.79. The van der Waals surface area contributed by atoms with E-state index < -0.39 is 0 Å². The first kappa shape index (κ1) is 12.7. The summed E-state index contributed by atoms with van der Waals surface area (Å²) in [6.07, 6.45) is 6.98. The van der Waals surface area contributed by atoms with Crippen molar-refractivity contribution >= 4 is 11.8 Å². The fourth-order valence-electron chi connectivity index (χ4n) is 3.33. The summed E-state index contributed by atoms with van der Waals surface area (Å²) >= 11 is 1.95. The Balaban J connectivity index is 1.43. The number of hydrogen-bond acceptors (Lipinski definition) is 3. The van der Waals surface area contributed by atoms with Gasteiger partial charge in [0.05, 0.1) is 0 Å². The van der Waals surface area contributed by atoms with Gasteiger partial charge in [0.2, 0.25) is 0 Å². The highest BCUT2D eigenvalue weighted by atomic mass is 32.2. The lowest BCUT2D eigenvalue weighted by Gasteiger charge is -2.21.